The minimum atomic E-state index is -0.471. The average molecular weight is 477 g/mol. The lowest BCUT2D eigenvalue weighted by Gasteiger charge is -2.37. The van der Waals surface area contributed by atoms with Crippen molar-refractivity contribution in [1.82, 2.24) is 9.80 Å². The molecule has 9 heteroatoms. The van der Waals surface area contributed by atoms with Crippen LogP contribution in [0.3, 0.4) is 0 Å². The van der Waals surface area contributed by atoms with E-state index in [0.717, 1.165) is 31.1 Å². The van der Waals surface area contributed by atoms with E-state index in [1.807, 2.05) is 23.1 Å². The number of hydrogen-bond acceptors (Lipinski definition) is 8. The Balaban J connectivity index is 1.28. The third-order valence-electron chi connectivity index (χ3n) is 6.43. The molecule has 0 spiro atoms. The maximum absolute atomic E-state index is 13.3. The van der Waals surface area contributed by atoms with Crippen molar-refractivity contribution in [3.63, 3.8) is 0 Å². The van der Waals surface area contributed by atoms with Gasteiger partial charge in [-0.3, -0.25) is 9.69 Å². The SMILES string of the molecule is CC(C)[C@H]1C=C(C(=O)N2CCN(Cc3ccc4c(c3)OCO4)CC2)O[C@@H](OCCOCCO)C1. The summed E-state index contributed by atoms with van der Waals surface area (Å²) in [6, 6.07) is 6.04. The number of benzene rings is 1. The van der Waals surface area contributed by atoms with Crippen molar-refractivity contribution in [3.05, 3.63) is 35.6 Å². The van der Waals surface area contributed by atoms with E-state index in [1.165, 1.54) is 5.56 Å². The van der Waals surface area contributed by atoms with Crippen molar-refractivity contribution in [3.8, 4) is 11.5 Å². The van der Waals surface area contributed by atoms with Crippen LogP contribution in [0, 0.1) is 11.8 Å². The molecule has 188 valence electrons. The zero-order valence-corrected chi connectivity index (χ0v) is 20.1. The number of nitrogens with zero attached hydrogens (tertiary/aromatic N) is 2. The van der Waals surface area contributed by atoms with E-state index < -0.39 is 6.29 Å². The highest BCUT2D eigenvalue weighted by molar-refractivity contribution is 5.91. The summed E-state index contributed by atoms with van der Waals surface area (Å²) in [4.78, 5) is 17.5. The minimum absolute atomic E-state index is 0.0132. The fourth-order valence-corrected chi connectivity index (χ4v) is 4.37. The number of allylic oxidation sites excluding steroid dienone is 1. The van der Waals surface area contributed by atoms with Gasteiger partial charge in [0.2, 0.25) is 13.1 Å². The fraction of sp³-hybridized carbons (Fsp3) is 0.640. The second-order valence-electron chi connectivity index (χ2n) is 9.18. The number of carbonyl (C=O) groups excluding carboxylic acids is 1. The van der Waals surface area contributed by atoms with Gasteiger partial charge in [0.15, 0.2) is 17.3 Å². The Bertz CT molecular complexity index is 852. The largest absolute Gasteiger partial charge is 0.459 e. The summed E-state index contributed by atoms with van der Waals surface area (Å²) in [5, 5.41) is 8.80. The predicted molar refractivity (Wildman–Crippen MR) is 124 cm³/mol. The minimum Gasteiger partial charge on any atom is -0.459 e. The average Bonchev–Trinajstić information content (AvgIpc) is 3.32. The van der Waals surface area contributed by atoms with Gasteiger partial charge in [-0.1, -0.05) is 19.9 Å². The van der Waals surface area contributed by atoms with Gasteiger partial charge in [0.05, 0.1) is 26.4 Å². The normalized spacial score (nSPS) is 22.6. The van der Waals surface area contributed by atoms with Crippen LogP contribution >= 0.6 is 0 Å². The third kappa shape index (κ3) is 6.41. The van der Waals surface area contributed by atoms with Gasteiger partial charge in [0.1, 0.15) is 0 Å². The molecular formula is C25H36N2O7. The highest BCUT2D eigenvalue weighted by Gasteiger charge is 2.32. The Labute approximate surface area is 201 Å². The van der Waals surface area contributed by atoms with E-state index in [0.29, 0.717) is 44.4 Å². The molecule has 1 fully saturated rings. The molecule has 0 saturated carbocycles. The molecule has 1 aromatic carbocycles. The van der Waals surface area contributed by atoms with Gasteiger partial charge >= 0.3 is 0 Å². The highest BCUT2D eigenvalue weighted by Crippen LogP contribution is 2.33. The fourth-order valence-electron chi connectivity index (χ4n) is 4.37. The molecule has 3 aliphatic heterocycles. The van der Waals surface area contributed by atoms with Gasteiger partial charge in [0.25, 0.3) is 5.91 Å². The number of carbonyl (C=O) groups is 1. The molecule has 0 aromatic heterocycles. The van der Waals surface area contributed by atoms with E-state index in [2.05, 4.69) is 24.8 Å². The zero-order chi connectivity index (χ0) is 23.9. The van der Waals surface area contributed by atoms with E-state index in [9.17, 15) is 4.79 Å². The lowest BCUT2D eigenvalue weighted by Crippen LogP contribution is -2.49. The van der Waals surface area contributed by atoms with Crippen LogP contribution in [0.4, 0.5) is 0 Å². The molecule has 34 heavy (non-hydrogen) atoms. The number of aliphatic hydroxyl groups excluding tert-OH is 1. The molecule has 9 nitrogen and oxygen atoms in total. The first-order valence-corrected chi connectivity index (χ1v) is 12.1. The van der Waals surface area contributed by atoms with E-state index in [-0.39, 0.29) is 31.8 Å². The van der Waals surface area contributed by atoms with Crippen molar-refractivity contribution in [1.29, 1.82) is 0 Å². The second-order valence-corrected chi connectivity index (χ2v) is 9.18. The number of fused-ring (bicyclic) bond motifs is 1. The quantitative estimate of drug-likeness (QED) is 0.513. The lowest BCUT2D eigenvalue weighted by atomic mass is 9.90. The smallest absolute Gasteiger partial charge is 0.288 e. The van der Waals surface area contributed by atoms with Crippen molar-refractivity contribution in [2.75, 3.05) is 59.4 Å². The molecule has 1 saturated heterocycles. The van der Waals surface area contributed by atoms with Gasteiger partial charge in [-0.15, -0.1) is 0 Å². The first-order valence-electron chi connectivity index (χ1n) is 12.1. The number of rotatable bonds is 10. The summed E-state index contributed by atoms with van der Waals surface area (Å²) in [5.41, 5.74) is 1.17. The Morgan fingerprint density at radius 1 is 1.12 bits per heavy atom. The number of ether oxygens (including phenoxy) is 5. The van der Waals surface area contributed by atoms with Crippen molar-refractivity contribution < 1.29 is 33.6 Å². The Kier molecular flexibility index (Phi) is 8.66. The number of aliphatic hydroxyl groups is 1. The summed E-state index contributed by atoms with van der Waals surface area (Å²) in [6.45, 7) is 9.27. The first kappa shape index (κ1) is 24.8. The molecule has 2 atom stereocenters. The van der Waals surface area contributed by atoms with Gasteiger partial charge in [-0.25, -0.2) is 0 Å². The van der Waals surface area contributed by atoms with Crippen LogP contribution < -0.4 is 9.47 Å². The van der Waals surface area contributed by atoms with Gasteiger partial charge < -0.3 is 33.7 Å². The summed E-state index contributed by atoms with van der Waals surface area (Å²) >= 11 is 0. The molecule has 1 N–H and O–H groups in total. The monoisotopic (exact) mass is 476 g/mol. The van der Waals surface area contributed by atoms with Crippen molar-refractivity contribution >= 4 is 5.91 Å². The summed E-state index contributed by atoms with van der Waals surface area (Å²) < 4.78 is 27.9. The molecule has 3 heterocycles. The topological polar surface area (TPSA) is 89.9 Å². The number of piperazine rings is 1. The molecule has 1 aromatic rings. The summed E-state index contributed by atoms with van der Waals surface area (Å²) in [7, 11) is 0. The molecule has 4 rings (SSSR count). The maximum atomic E-state index is 13.3. The molecule has 3 aliphatic rings. The van der Waals surface area contributed by atoms with Crippen LogP contribution in [-0.2, 0) is 25.5 Å². The van der Waals surface area contributed by atoms with Crippen LogP contribution in [0.1, 0.15) is 25.8 Å². The maximum Gasteiger partial charge on any atom is 0.288 e. The number of hydrogen-bond donors (Lipinski definition) is 1. The van der Waals surface area contributed by atoms with E-state index in [1.54, 1.807) is 0 Å². The van der Waals surface area contributed by atoms with E-state index >= 15 is 0 Å². The van der Waals surface area contributed by atoms with Gasteiger partial charge in [0, 0.05) is 39.1 Å². The second kappa shape index (κ2) is 11.9. The van der Waals surface area contributed by atoms with Gasteiger partial charge in [-0.05, 0) is 35.6 Å². The van der Waals surface area contributed by atoms with E-state index in [4.69, 9.17) is 28.8 Å². The Hall–Kier alpha value is -2.33. The van der Waals surface area contributed by atoms with Crippen molar-refractivity contribution in [2.24, 2.45) is 11.8 Å². The third-order valence-corrected chi connectivity index (χ3v) is 6.43. The molecule has 0 radical (unpaired) electrons. The first-order chi connectivity index (χ1) is 16.5. The van der Waals surface area contributed by atoms with Crippen LogP contribution in [0.15, 0.2) is 30.0 Å². The lowest BCUT2D eigenvalue weighted by molar-refractivity contribution is -0.161. The van der Waals surface area contributed by atoms with Crippen LogP contribution in [0.5, 0.6) is 11.5 Å². The van der Waals surface area contributed by atoms with Crippen LogP contribution in [0.25, 0.3) is 0 Å². The predicted octanol–water partition coefficient (Wildman–Crippen LogP) is 1.99. The van der Waals surface area contributed by atoms with Gasteiger partial charge in [-0.2, -0.15) is 0 Å². The molecule has 0 aliphatic carbocycles. The molecule has 1 amide bonds. The molecule has 0 unspecified atom stereocenters. The van der Waals surface area contributed by atoms with Crippen molar-refractivity contribution in [2.45, 2.75) is 33.1 Å². The van der Waals surface area contributed by atoms with Crippen LogP contribution in [0.2, 0.25) is 0 Å². The van der Waals surface area contributed by atoms with Crippen LogP contribution in [-0.4, -0.2) is 86.5 Å². The number of amides is 1. The standard InChI is InChI=1S/C25H36N2O7/c1-18(2)20-14-23(34-24(15-20)31-12-11-30-10-9-28)25(29)27-7-5-26(6-8-27)16-19-3-4-21-22(13-19)33-17-32-21/h3-4,13-14,18,20,24,28H,5-12,15-17H2,1-2H3/t20-,24+/m0/s1. The zero-order valence-electron chi connectivity index (χ0n) is 20.1. The summed E-state index contributed by atoms with van der Waals surface area (Å²) in [6.07, 6.45) is 2.20. The highest BCUT2D eigenvalue weighted by atomic mass is 16.7. The molecule has 0 bridgehead atoms. The Morgan fingerprint density at radius 2 is 1.91 bits per heavy atom. The Morgan fingerprint density at radius 3 is 2.68 bits per heavy atom. The summed E-state index contributed by atoms with van der Waals surface area (Å²) in [5.74, 6) is 2.49. The molecular weight excluding hydrogens is 440 g/mol.